The van der Waals surface area contributed by atoms with Crippen molar-refractivity contribution in [1.82, 2.24) is 10.2 Å². The van der Waals surface area contributed by atoms with Crippen molar-refractivity contribution in [3.05, 3.63) is 59.1 Å². The summed E-state index contributed by atoms with van der Waals surface area (Å²) in [6.07, 6.45) is 0. The lowest BCUT2D eigenvalue weighted by atomic mass is 10.1. The van der Waals surface area contributed by atoms with E-state index in [0.717, 1.165) is 16.8 Å². The Morgan fingerprint density at radius 2 is 1.83 bits per heavy atom. The maximum atomic E-state index is 12.4. The third-order valence-corrected chi connectivity index (χ3v) is 3.99. The van der Waals surface area contributed by atoms with Gasteiger partial charge in [-0.3, -0.25) is 4.79 Å². The second-order valence-electron chi connectivity index (χ2n) is 5.24. The van der Waals surface area contributed by atoms with Gasteiger partial charge in [0.05, 0.1) is 5.69 Å². The van der Waals surface area contributed by atoms with Crippen LogP contribution in [-0.4, -0.2) is 28.9 Å². The average molecular weight is 339 g/mol. The normalized spacial score (nSPS) is 15.2. The number of para-hydroxylation sites is 1. The molecule has 3 aromatic rings. The molecule has 0 N–H and O–H groups in total. The highest BCUT2D eigenvalue weighted by Crippen LogP contribution is 2.30. The molecule has 2 aromatic carbocycles. The summed E-state index contributed by atoms with van der Waals surface area (Å²) in [6, 6.07) is 14.5. The zero-order valence-electron chi connectivity index (χ0n) is 12.6. The maximum Gasteiger partial charge on any atom is 0.343 e. The maximum absolute atomic E-state index is 12.4. The van der Waals surface area contributed by atoms with Crippen molar-refractivity contribution in [3.63, 3.8) is 0 Å². The highest BCUT2D eigenvalue weighted by atomic mass is 35.5. The number of hydrogen-bond acceptors (Lipinski definition) is 5. The van der Waals surface area contributed by atoms with Gasteiger partial charge in [-0.05, 0) is 30.3 Å². The molecule has 0 fully saturated rings. The van der Waals surface area contributed by atoms with E-state index >= 15 is 0 Å². The van der Waals surface area contributed by atoms with Crippen LogP contribution in [0.4, 0.5) is 11.7 Å². The van der Waals surface area contributed by atoms with Crippen LogP contribution in [0.15, 0.2) is 57.9 Å². The Hall–Kier alpha value is -2.99. The van der Waals surface area contributed by atoms with Crippen LogP contribution in [0.3, 0.4) is 0 Å². The highest BCUT2D eigenvalue weighted by Gasteiger charge is 2.31. The summed E-state index contributed by atoms with van der Waals surface area (Å²) < 4.78 is 5.55. The average Bonchev–Trinajstić information content (AvgIpc) is 3.16. The van der Waals surface area contributed by atoms with Crippen molar-refractivity contribution < 1.29 is 9.21 Å². The predicted molar refractivity (Wildman–Crippen MR) is 90.8 cm³/mol. The second kappa shape index (κ2) is 5.58. The lowest BCUT2D eigenvalue weighted by molar-refractivity contribution is -0.111. The number of hydrogen-bond donors (Lipinski definition) is 0. The number of nitrogens with zero attached hydrogens (tertiary/aromatic N) is 4. The topological polar surface area (TPSA) is 71.6 Å². The number of halogens is 1. The molecule has 6 nitrogen and oxygen atoms in total. The molecule has 1 aromatic heterocycles. The molecule has 24 heavy (non-hydrogen) atoms. The van der Waals surface area contributed by atoms with Crippen molar-refractivity contribution in [2.75, 3.05) is 11.9 Å². The lowest BCUT2D eigenvalue weighted by Gasteiger charge is -2.07. The van der Waals surface area contributed by atoms with Gasteiger partial charge in [0.1, 0.15) is 5.71 Å². The van der Waals surface area contributed by atoms with Crippen LogP contribution in [0, 0.1) is 0 Å². The lowest BCUT2D eigenvalue weighted by Crippen LogP contribution is -2.25. The van der Waals surface area contributed by atoms with Gasteiger partial charge < -0.3 is 9.32 Å². The van der Waals surface area contributed by atoms with E-state index in [1.165, 1.54) is 0 Å². The van der Waals surface area contributed by atoms with E-state index in [2.05, 4.69) is 15.2 Å². The highest BCUT2D eigenvalue weighted by molar-refractivity contribution is 6.54. The third kappa shape index (κ3) is 2.37. The van der Waals surface area contributed by atoms with E-state index in [1.54, 1.807) is 36.2 Å². The van der Waals surface area contributed by atoms with Gasteiger partial charge >= 0.3 is 6.01 Å². The zero-order chi connectivity index (χ0) is 16.7. The fourth-order valence-corrected chi connectivity index (χ4v) is 2.65. The van der Waals surface area contributed by atoms with Crippen LogP contribution in [-0.2, 0) is 4.79 Å². The molecule has 0 aliphatic carbocycles. The van der Waals surface area contributed by atoms with E-state index in [9.17, 15) is 4.79 Å². The number of anilines is 1. The van der Waals surface area contributed by atoms with E-state index in [1.807, 2.05) is 24.3 Å². The fourth-order valence-electron chi connectivity index (χ4n) is 2.52. The molecule has 0 saturated heterocycles. The minimum Gasteiger partial charge on any atom is -0.402 e. The van der Waals surface area contributed by atoms with Crippen LogP contribution in [0.2, 0.25) is 5.02 Å². The molecule has 2 heterocycles. The minimum absolute atomic E-state index is 0.0356. The smallest absolute Gasteiger partial charge is 0.343 e. The molecule has 7 heteroatoms. The van der Waals surface area contributed by atoms with Gasteiger partial charge in [-0.25, -0.2) is 0 Å². The Kier molecular flexibility index (Phi) is 3.39. The van der Waals surface area contributed by atoms with Crippen molar-refractivity contribution in [2.45, 2.75) is 0 Å². The van der Waals surface area contributed by atoms with Crippen molar-refractivity contribution in [2.24, 2.45) is 4.99 Å². The summed E-state index contributed by atoms with van der Waals surface area (Å²) in [5.41, 5.74) is 2.57. The summed E-state index contributed by atoms with van der Waals surface area (Å²) in [7, 11) is 1.71. The molecular weight excluding hydrogens is 328 g/mol. The zero-order valence-corrected chi connectivity index (χ0v) is 13.4. The van der Waals surface area contributed by atoms with Crippen molar-refractivity contribution >= 4 is 34.9 Å². The molecule has 4 rings (SSSR count). The molecule has 0 spiro atoms. The number of fused-ring (bicyclic) bond motifs is 1. The fraction of sp³-hybridized carbons (Fsp3) is 0.0588. The molecule has 0 radical (unpaired) electrons. The Bertz CT molecular complexity index is 963. The monoisotopic (exact) mass is 338 g/mol. The van der Waals surface area contributed by atoms with E-state index < -0.39 is 0 Å². The Balaban J connectivity index is 1.72. The number of benzene rings is 2. The van der Waals surface area contributed by atoms with Crippen LogP contribution in [0.25, 0.3) is 11.5 Å². The minimum atomic E-state index is -0.206. The van der Waals surface area contributed by atoms with Gasteiger partial charge in [0.2, 0.25) is 5.89 Å². The van der Waals surface area contributed by atoms with Gasteiger partial charge in [-0.2, -0.15) is 4.99 Å². The van der Waals surface area contributed by atoms with Gasteiger partial charge in [0.25, 0.3) is 5.91 Å². The summed E-state index contributed by atoms with van der Waals surface area (Å²) in [5.74, 6) is 0.112. The Morgan fingerprint density at radius 1 is 1.08 bits per heavy atom. The first-order chi connectivity index (χ1) is 11.6. The number of aliphatic imine (C=N–C) groups is 1. The summed E-state index contributed by atoms with van der Waals surface area (Å²) in [4.78, 5) is 18.2. The number of carbonyl (C=O) groups is 1. The van der Waals surface area contributed by atoms with Gasteiger partial charge in [0.15, 0.2) is 0 Å². The summed E-state index contributed by atoms with van der Waals surface area (Å²) in [5, 5.41) is 8.49. The predicted octanol–water partition coefficient (Wildman–Crippen LogP) is 3.49. The molecule has 1 amide bonds. The quantitative estimate of drug-likeness (QED) is 0.717. The van der Waals surface area contributed by atoms with E-state index in [4.69, 9.17) is 16.0 Å². The SMILES string of the molecule is CN1C(=O)/C(=N\c2nnc(-c3ccc(Cl)cc3)o2)c2ccccc21. The largest absolute Gasteiger partial charge is 0.402 e. The first kappa shape index (κ1) is 14.6. The van der Waals surface area contributed by atoms with Gasteiger partial charge in [-0.1, -0.05) is 34.9 Å². The molecule has 0 unspecified atom stereocenters. The molecule has 0 saturated carbocycles. The third-order valence-electron chi connectivity index (χ3n) is 3.74. The van der Waals surface area contributed by atoms with Crippen LogP contribution in [0.1, 0.15) is 5.56 Å². The first-order valence-electron chi connectivity index (χ1n) is 7.19. The van der Waals surface area contributed by atoms with Crippen LogP contribution < -0.4 is 4.90 Å². The molecule has 0 bridgehead atoms. The summed E-state index contributed by atoms with van der Waals surface area (Å²) in [6.45, 7) is 0. The molecule has 1 aliphatic rings. The number of rotatable bonds is 2. The molecule has 118 valence electrons. The molecule has 1 aliphatic heterocycles. The van der Waals surface area contributed by atoms with Gasteiger partial charge in [0, 0.05) is 23.2 Å². The number of carbonyl (C=O) groups excluding carboxylic acids is 1. The van der Waals surface area contributed by atoms with Crippen molar-refractivity contribution in [1.29, 1.82) is 0 Å². The standard InChI is InChI=1S/C17H11ClN4O2/c1-22-13-5-3-2-4-12(13)14(16(22)23)19-17-21-20-15(24-17)10-6-8-11(18)9-7-10/h2-9H,1H3/b19-14-. The van der Waals surface area contributed by atoms with Gasteiger partial charge in [-0.15, -0.1) is 5.10 Å². The van der Waals surface area contributed by atoms with Crippen LogP contribution in [0.5, 0.6) is 0 Å². The summed E-state index contributed by atoms with van der Waals surface area (Å²) >= 11 is 5.86. The number of likely N-dealkylation sites (N-methyl/N-ethyl adjacent to an activating group) is 1. The van der Waals surface area contributed by atoms with Crippen LogP contribution >= 0.6 is 11.6 Å². The number of aromatic nitrogens is 2. The first-order valence-corrected chi connectivity index (χ1v) is 7.57. The second-order valence-corrected chi connectivity index (χ2v) is 5.67. The Morgan fingerprint density at radius 3 is 2.62 bits per heavy atom. The van der Waals surface area contributed by atoms with Crippen molar-refractivity contribution in [3.8, 4) is 11.5 Å². The molecular formula is C17H11ClN4O2. The Labute approximate surface area is 142 Å². The van der Waals surface area contributed by atoms with E-state index in [0.29, 0.717) is 16.6 Å². The molecule has 0 atom stereocenters. The number of amides is 1. The van der Waals surface area contributed by atoms with E-state index in [-0.39, 0.29) is 11.9 Å².